The maximum absolute atomic E-state index is 10.1. The minimum Gasteiger partial charge on any atom is -0.303 e. The zero-order valence-corrected chi connectivity index (χ0v) is 8.82. The second-order valence-corrected chi connectivity index (χ2v) is 4.84. The third kappa shape index (κ3) is 2.26. The first-order valence-electron chi connectivity index (χ1n) is 6.02. The number of allylic oxidation sites excluding steroid dienone is 2. The van der Waals surface area contributed by atoms with E-state index in [9.17, 15) is 4.79 Å². The van der Waals surface area contributed by atoms with Crippen molar-refractivity contribution in [1.82, 2.24) is 0 Å². The zero-order chi connectivity index (χ0) is 9.80. The first-order valence-corrected chi connectivity index (χ1v) is 6.02. The molecule has 0 saturated heterocycles. The molecule has 0 aliphatic heterocycles. The van der Waals surface area contributed by atoms with Gasteiger partial charge in [-0.05, 0) is 43.4 Å². The molecule has 1 saturated carbocycles. The lowest BCUT2D eigenvalue weighted by atomic mass is 9.88. The minimum absolute atomic E-state index is 0.761. The summed E-state index contributed by atoms with van der Waals surface area (Å²) < 4.78 is 0. The fourth-order valence-corrected chi connectivity index (χ4v) is 3.04. The van der Waals surface area contributed by atoms with Crippen molar-refractivity contribution in [2.75, 3.05) is 0 Å². The van der Waals surface area contributed by atoms with Crippen molar-refractivity contribution in [2.45, 2.75) is 44.9 Å². The number of hydrogen-bond acceptors (Lipinski definition) is 1. The Bertz CT molecular complexity index is 219. The standard InChI is InChI=1S/C13H20O/c14-8-4-2-1-3-5-12-9-11-6-7-13(12)10-11/h6-8,11-13H,1-5,9-10H2. The summed E-state index contributed by atoms with van der Waals surface area (Å²) in [5, 5.41) is 0. The van der Waals surface area contributed by atoms with Crippen molar-refractivity contribution < 1.29 is 4.79 Å². The van der Waals surface area contributed by atoms with Gasteiger partial charge in [-0.15, -0.1) is 0 Å². The maximum Gasteiger partial charge on any atom is 0.119 e. The van der Waals surface area contributed by atoms with E-state index in [0.29, 0.717) is 0 Å². The lowest BCUT2D eigenvalue weighted by Crippen LogP contribution is -2.06. The number of aldehydes is 1. The third-order valence-corrected chi connectivity index (χ3v) is 3.81. The molecule has 0 radical (unpaired) electrons. The molecule has 0 N–H and O–H groups in total. The smallest absolute Gasteiger partial charge is 0.119 e. The number of fused-ring (bicyclic) bond motifs is 2. The predicted octanol–water partition coefficient (Wildman–Crippen LogP) is 3.35. The monoisotopic (exact) mass is 192 g/mol. The van der Waals surface area contributed by atoms with Crippen LogP contribution in [0.1, 0.15) is 44.9 Å². The molecule has 0 aromatic rings. The van der Waals surface area contributed by atoms with Gasteiger partial charge in [0.2, 0.25) is 0 Å². The van der Waals surface area contributed by atoms with Gasteiger partial charge >= 0.3 is 0 Å². The van der Waals surface area contributed by atoms with Crippen molar-refractivity contribution >= 4 is 6.29 Å². The highest BCUT2D eigenvalue weighted by atomic mass is 16.1. The van der Waals surface area contributed by atoms with E-state index in [4.69, 9.17) is 0 Å². The maximum atomic E-state index is 10.1. The molecule has 0 heterocycles. The van der Waals surface area contributed by atoms with Crippen LogP contribution < -0.4 is 0 Å². The Balaban J connectivity index is 1.58. The molecule has 0 amide bonds. The Labute approximate surface area is 86.6 Å². The predicted molar refractivity (Wildman–Crippen MR) is 58.0 cm³/mol. The SMILES string of the molecule is O=CCCCCCC1CC2C=CC1C2. The van der Waals surface area contributed by atoms with Gasteiger partial charge in [0, 0.05) is 6.42 Å². The summed E-state index contributed by atoms with van der Waals surface area (Å²) in [6.45, 7) is 0. The number of rotatable bonds is 6. The van der Waals surface area contributed by atoms with Crippen molar-refractivity contribution in [2.24, 2.45) is 17.8 Å². The fraction of sp³-hybridized carbons (Fsp3) is 0.769. The summed E-state index contributed by atoms with van der Waals surface area (Å²) in [4.78, 5) is 10.1. The quantitative estimate of drug-likeness (QED) is 0.358. The van der Waals surface area contributed by atoms with Crippen LogP contribution >= 0.6 is 0 Å². The molecule has 0 aromatic heterocycles. The van der Waals surface area contributed by atoms with Crippen LogP contribution in [0.25, 0.3) is 0 Å². The van der Waals surface area contributed by atoms with Crippen molar-refractivity contribution in [3.8, 4) is 0 Å². The van der Waals surface area contributed by atoms with E-state index in [1.165, 1.54) is 32.1 Å². The first-order chi connectivity index (χ1) is 6.90. The molecule has 3 atom stereocenters. The van der Waals surface area contributed by atoms with Gasteiger partial charge in [-0.1, -0.05) is 25.0 Å². The van der Waals surface area contributed by atoms with E-state index in [2.05, 4.69) is 12.2 Å². The molecule has 1 fully saturated rings. The van der Waals surface area contributed by atoms with Crippen molar-refractivity contribution in [1.29, 1.82) is 0 Å². The minimum atomic E-state index is 0.761. The molecule has 2 rings (SSSR count). The van der Waals surface area contributed by atoms with Gasteiger partial charge in [0.1, 0.15) is 6.29 Å². The van der Waals surface area contributed by atoms with Gasteiger partial charge in [-0.25, -0.2) is 0 Å². The van der Waals surface area contributed by atoms with Crippen LogP contribution in [0.15, 0.2) is 12.2 Å². The van der Waals surface area contributed by atoms with Crippen molar-refractivity contribution in [3.05, 3.63) is 12.2 Å². The molecule has 3 unspecified atom stereocenters. The highest BCUT2D eigenvalue weighted by Gasteiger charge is 2.34. The Kier molecular flexibility index (Phi) is 3.39. The Hall–Kier alpha value is -0.590. The molecular weight excluding hydrogens is 172 g/mol. The Morgan fingerprint density at radius 2 is 2.07 bits per heavy atom. The van der Waals surface area contributed by atoms with Crippen LogP contribution in [-0.2, 0) is 4.79 Å². The number of unbranched alkanes of at least 4 members (excludes halogenated alkanes) is 3. The molecule has 14 heavy (non-hydrogen) atoms. The normalized spacial score (nSPS) is 33.9. The molecule has 0 spiro atoms. The zero-order valence-electron chi connectivity index (χ0n) is 8.82. The Morgan fingerprint density at radius 1 is 1.14 bits per heavy atom. The van der Waals surface area contributed by atoms with Gasteiger partial charge in [-0.2, -0.15) is 0 Å². The van der Waals surface area contributed by atoms with E-state index in [1.807, 2.05) is 0 Å². The van der Waals surface area contributed by atoms with Gasteiger partial charge in [0.15, 0.2) is 0 Å². The number of carbonyl (C=O) groups is 1. The summed E-state index contributed by atoms with van der Waals surface area (Å²) in [5.74, 6) is 2.80. The van der Waals surface area contributed by atoms with E-state index < -0.39 is 0 Å². The molecule has 0 aromatic carbocycles. The highest BCUT2D eigenvalue weighted by Crippen LogP contribution is 2.45. The highest BCUT2D eigenvalue weighted by molar-refractivity contribution is 5.48. The second kappa shape index (κ2) is 4.77. The average molecular weight is 192 g/mol. The molecule has 1 heteroatoms. The molecule has 78 valence electrons. The molecule has 2 aliphatic rings. The van der Waals surface area contributed by atoms with Gasteiger partial charge in [-0.3, -0.25) is 0 Å². The Morgan fingerprint density at radius 3 is 2.71 bits per heavy atom. The van der Waals surface area contributed by atoms with Crippen LogP contribution in [0.3, 0.4) is 0 Å². The van der Waals surface area contributed by atoms with Crippen LogP contribution in [-0.4, -0.2) is 6.29 Å². The fourth-order valence-electron chi connectivity index (χ4n) is 3.04. The van der Waals surface area contributed by atoms with Crippen LogP contribution in [0, 0.1) is 17.8 Å². The second-order valence-electron chi connectivity index (χ2n) is 4.84. The summed E-state index contributed by atoms with van der Waals surface area (Å²) in [5.41, 5.74) is 0. The summed E-state index contributed by atoms with van der Waals surface area (Å²) in [6, 6.07) is 0. The van der Waals surface area contributed by atoms with Gasteiger partial charge < -0.3 is 4.79 Å². The van der Waals surface area contributed by atoms with E-state index in [1.54, 1.807) is 0 Å². The molecule has 2 bridgehead atoms. The van der Waals surface area contributed by atoms with E-state index in [0.717, 1.165) is 36.9 Å². The van der Waals surface area contributed by atoms with E-state index >= 15 is 0 Å². The first kappa shape index (κ1) is 9.95. The van der Waals surface area contributed by atoms with E-state index in [-0.39, 0.29) is 0 Å². The topological polar surface area (TPSA) is 17.1 Å². The largest absolute Gasteiger partial charge is 0.303 e. The van der Waals surface area contributed by atoms with Gasteiger partial charge in [0.05, 0.1) is 0 Å². The molecular formula is C13H20O. The lowest BCUT2D eigenvalue weighted by molar-refractivity contribution is -0.107. The van der Waals surface area contributed by atoms with Crippen LogP contribution in [0.2, 0.25) is 0 Å². The molecule has 1 nitrogen and oxygen atoms in total. The summed E-state index contributed by atoms with van der Waals surface area (Å²) in [7, 11) is 0. The average Bonchev–Trinajstić information content (AvgIpc) is 2.79. The summed E-state index contributed by atoms with van der Waals surface area (Å²) in [6.07, 6.45) is 14.6. The number of carbonyl (C=O) groups excluding carboxylic acids is 1. The lowest BCUT2D eigenvalue weighted by Gasteiger charge is -2.17. The van der Waals surface area contributed by atoms with Crippen LogP contribution in [0.5, 0.6) is 0 Å². The molecule has 2 aliphatic carbocycles. The van der Waals surface area contributed by atoms with Crippen molar-refractivity contribution in [3.63, 3.8) is 0 Å². The third-order valence-electron chi connectivity index (χ3n) is 3.81. The van der Waals surface area contributed by atoms with Gasteiger partial charge in [0.25, 0.3) is 0 Å². The number of hydrogen-bond donors (Lipinski definition) is 0. The summed E-state index contributed by atoms with van der Waals surface area (Å²) >= 11 is 0. The van der Waals surface area contributed by atoms with Crippen LogP contribution in [0.4, 0.5) is 0 Å².